The molecule has 0 saturated carbocycles. The molecule has 0 radical (unpaired) electrons. The molecule has 100 valence electrons. The molecule has 1 N–H and O–H groups in total. The SMILES string of the molecule is CCNCc1ccc2c(c1)C(C)CC(C)(C)N2C. The van der Waals surface area contributed by atoms with E-state index in [2.05, 4.69) is 63.2 Å². The van der Waals surface area contributed by atoms with Crippen molar-refractivity contribution in [1.29, 1.82) is 0 Å². The first-order valence-electron chi connectivity index (χ1n) is 7.03. The van der Waals surface area contributed by atoms with Crippen LogP contribution in [0.3, 0.4) is 0 Å². The van der Waals surface area contributed by atoms with Gasteiger partial charge in [-0.05, 0) is 49.9 Å². The fourth-order valence-electron chi connectivity index (χ4n) is 3.01. The van der Waals surface area contributed by atoms with Gasteiger partial charge < -0.3 is 10.2 Å². The van der Waals surface area contributed by atoms with Crippen molar-refractivity contribution >= 4 is 5.69 Å². The lowest BCUT2D eigenvalue weighted by molar-refractivity contribution is 0.395. The van der Waals surface area contributed by atoms with Crippen LogP contribution in [-0.4, -0.2) is 19.1 Å². The second-order valence-corrected chi connectivity index (χ2v) is 6.15. The minimum absolute atomic E-state index is 0.260. The summed E-state index contributed by atoms with van der Waals surface area (Å²) in [5.41, 5.74) is 4.57. The molecule has 2 rings (SSSR count). The molecule has 1 atom stereocenters. The van der Waals surface area contributed by atoms with Crippen molar-refractivity contribution in [2.24, 2.45) is 0 Å². The van der Waals surface area contributed by atoms with E-state index in [0.717, 1.165) is 13.1 Å². The molecule has 1 aliphatic rings. The Balaban J connectivity index is 2.33. The summed E-state index contributed by atoms with van der Waals surface area (Å²) >= 11 is 0. The Bertz CT molecular complexity index is 423. The lowest BCUT2D eigenvalue weighted by atomic mass is 9.80. The summed E-state index contributed by atoms with van der Waals surface area (Å²) in [6, 6.07) is 6.93. The molecule has 0 bridgehead atoms. The van der Waals surface area contributed by atoms with E-state index in [1.165, 1.54) is 23.2 Å². The van der Waals surface area contributed by atoms with Gasteiger partial charge >= 0.3 is 0 Å². The first-order chi connectivity index (χ1) is 8.45. The minimum atomic E-state index is 0.260. The molecule has 2 nitrogen and oxygen atoms in total. The number of hydrogen-bond donors (Lipinski definition) is 1. The van der Waals surface area contributed by atoms with E-state index in [4.69, 9.17) is 0 Å². The Hall–Kier alpha value is -1.02. The van der Waals surface area contributed by atoms with Gasteiger partial charge in [0.15, 0.2) is 0 Å². The summed E-state index contributed by atoms with van der Waals surface area (Å²) in [5.74, 6) is 0.646. The molecule has 18 heavy (non-hydrogen) atoms. The highest BCUT2D eigenvalue weighted by Crippen LogP contribution is 2.42. The third-order valence-corrected chi connectivity index (χ3v) is 4.28. The molecular formula is C16H26N2. The number of fused-ring (bicyclic) bond motifs is 1. The van der Waals surface area contributed by atoms with Crippen LogP contribution in [-0.2, 0) is 6.54 Å². The van der Waals surface area contributed by atoms with E-state index in [0.29, 0.717) is 5.92 Å². The fourth-order valence-corrected chi connectivity index (χ4v) is 3.01. The summed E-state index contributed by atoms with van der Waals surface area (Å²) in [5, 5.41) is 3.40. The molecule has 2 heteroatoms. The van der Waals surface area contributed by atoms with E-state index >= 15 is 0 Å². The molecule has 0 saturated heterocycles. The molecule has 0 aliphatic carbocycles. The molecule has 0 aromatic heterocycles. The van der Waals surface area contributed by atoms with E-state index in [1.54, 1.807) is 0 Å². The summed E-state index contributed by atoms with van der Waals surface area (Å²) in [6.45, 7) is 11.2. The van der Waals surface area contributed by atoms with Crippen LogP contribution in [0, 0.1) is 0 Å². The first kappa shape index (κ1) is 13.4. The van der Waals surface area contributed by atoms with E-state index in [9.17, 15) is 0 Å². The lowest BCUT2D eigenvalue weighted by Gasteiger charge is -2.45. The second-order valence-electron chi connectivity index (χ2n) is 6.15. The van der Waals surface area contributed by atoms with Crippen molar-refractivity contribution < 1.29 is 0 Å². The Morgan fingerprint density at radius 1 is 1.39 bits per heavy atom. The number of benzene rings is 1. The van der Waals surface area contributed by atoms with Gasteiger partial charge in [-0.25, -0.2) is 0 Å². The lowest BCUT2D eigenvalue weighted by Crippen LogP contribution is -2.45. The van der Waals surface area contributed by atoms with Gasteiger partial charge in [0.1, 0.15) is 0 Å². The standard InChI is InChI=1S/C16H26N2/c1-6-17-11-13-7-8-15-14(9-13)12(2)10-16(3,4)18(15)5/h7-9,12,17H,6,10-11H2,1-5H3. The van der Waals surface area contributed by atoms with Crippen molar-refractivity contribution in [2.45, 2.75) is 52.1 Å². The van der Waals surface area contributed by atoms with Gasteiger partial charge in [-0.1, -0.05) is 26.0 Å². The topological polar surface area (TPSA) is 15.3 Å². The molecular weight excluding hydrogens is 220 g/mol. The maximum atomic E-state index is 3.40. The predicted molar refractivity (Wildman–Crippen MR) is 79.3 cm³/mol. The summed E-state index contributed by atoms with van der Waals surface area (Å²) < 4.78 is 0. The smallest absolute Gasteiger partial charge is 0.0403 e. The van der Waals surface area contributed by atoms with E-state index in [1.807, 2.05) is 0 Å². The Kier molecular flexibility index (Phi) is 3.67. The van der Waals surface area contributed by atoms with Crippen LogP contribution >= 0.6 is 0 Å². The molecule has 0 amide bonds. The highest BCUT2D eigenvalue weighted by Gasteiger charge is 2.33. The molecule has 0 fully saturated rings. The quantitative estimate of drug-likeness (QED) is 0.878. The third-order valence-electron chi connectivity index (χ3n) is 4.28. The molecule has 1 unspecified atom stereocenters. The maximum absolute atomic E-state index is 3.40. The van der Waals surface area contributed by atoms with Gasteiger partial charge in [0.25, 0.3) is 0 Å². The normalized spacial score (nSPS) is 21.8. The average Bonchev–Trinajstić information content (AvgIpc) is 2.33. The van der Waals surface area contributed by atoms with Gasteiger partial charge in [0.2, 0.25) is 0 Å². The van der Waals surface area contributed by atoms with Crippen LogP contribution in [0.25, 0.3) is 0 Å². The summed E-state index contributed by atoms with van der Waals surface area (Å²) in [6.07, 6.45) is 1.22. The van der Waals surface area contributed by atoms with Crippen LogP contribution in [0.4, 0.5) is 5.69 Å². The number of hydrogen-bond acceptors (Lipinski definition) is 2. The zero-order valence-electron chi connectivity index (χ0n) is 12.4. The van der Waals surface area contributed by atoms with Crippen molar-refractivity contribution in [3.63, 3.8) is 0 Å². The van der Waals surface area contributed by atoms with Crippen LogP contribution in [0.5, 0.6) is 0 Å². The molecule has 0 spiro atoms. The monoisotopic (exact) mass is 246 g/mol. The van der Waals surface area contributed by atoms with Crippen LogP contribution in [0.15, 0.2) is 18.2 Å². The molecule has 1 aliphatic heterocycles. The van der Waals surface area contributed by atoms with E-state index in [-0.39, 0.29) is 5.54 Å². The zero-order chi connectivity index (χ0) is 13.3. The van der Waals surface area contributed by atoms with Gasteiger partial charge in [-0.15, -0.1) is 0 Å². The number of nitrogens with one attached hydrogen (secondary N) is 1. The molecule has 1 heterocycles. The third kappa shape index (κ3) is 2.39. The zero-order valence-corrected chi connectivity index (χ0v) is 12.4. The summed E-state index contributed by atoms with van der Waals surface area (Å²) in [4.78, 5) is 2.43. The molecule has 1 aromatic rings. The highest BCUT2D eigenvalue weighted by atomic mass is 15.2. The van der Waals surface area contributed by atoms with Gasteiger partial charge in [-0.3, -0.25) is 0 Å². The second kappa shape index (κ2) is 4.93. The van der Waals surface area contributed by atoms with Crippen LogP contribution in [0.2, 0.25) is 0 Å². The minimum Gasteiger partial charge on any atom is -0.369 e. The van der Waals surface area contributed by atoms with Crippen LogP contribution < -0.4 is 10.2 Å². The first-order valence-corrected chi connectivity index (χ1v) is 7.03. The van der Waals surface area contributed by atoms with E-state index < -0.39 is 0 Å². The number of nitrogens with zero attached hydrogens (tertiary/aromatic N) is 1. The van der Waals surface area contributed by atoms with Gasteiger partial charge in [-0.2, -0.15) is 0 Å². The maximum Gasteiger partial charge on any atom is 0.0403 e. The van der Waals surface area contributed by atoms with Crippen LogP contribution in [0.1, 0.15) is 51.2 Å². The summed E-state index contributed by atoms with van der Waals surface area (Å²) in [7, 11) is 2.22. The molecule has 1 aromatic carbocycles. The predicted octanol–water partition coefficient (Wildman–Crippen LogP) is 3.52. The number of rotatable bonds is 3. The number of anilines is 1. The van der Waals surface area contributed by atoms with Gasteiger partial charge in [0, 0.05) is 24.8 Å². The Morgan fingerprint density at radius 3 is 2.78 bits per heavy atom. The van der Waals surface area contributed by atoms with Crippen molar-refractivity contribution in [3.05, 3.63) is 29.3 Å². The van der Waals surface area contributed by atoms with Crippen molar-refractivity contribution in [1.82, 2.24) is 5.32 Å². The Labute approximate surface area is 111 Å². The fraction of sp³-hybridized carbons (Fsp3) is 0.625. The van der Waals surface area contributed by atoms with Gasteiger partial charge in [0.05, 0.1) is 0 Å². The highest BCUT2D eigenvalue weighted by molar-refractivity contribution is 5.60. The average molecular weight is 246 g/mol. The van der Waals surface area contributed by atoms with Crippen molar-refractivity contribution in [3.8, 4) is 0 Å². The largest absolute Gasteiger partial charge is 0.369 e. The Morgan fingerprint density at radius 2 is 2.11 bits per heavy atom. The van der Waals surface area contributed by atoms with Crippen molar-refractivity contribution in [2.75, 3.05) is 18.5 Å².